The highest BCUT2D eigenvalue weighted by Gasteiger charge is 2.21. The van der Waals surface area contributed by atoms with E-state index >= 15 is 0 Å². The van der Waals surface area contributed by atoms with Gasteiger partial charge in [-0.3, -0.25) is 0 Å². The van der Waals surface area contributed by atoms with Gasteiger partial charge in [-0.1, -0.05) is 6.92 Å². The molecule has 1 aliphatic carbocycles. The van der Waals surface area contributed by atoms with Crippen molar-refractivity contribution in [2.45, 2.75) is 26.2 Å². The van der Waals surface area contributed by atoms with E-state index in [-0.39, 0.29) is 0 Å². The Labute approximate surface area is 83.9 Å². The number of nitrogen functional groups attached to an aromatic ring is 1. The van der Waals surface area contributed by atoms with Gasteiger partial charge in [0.15, 0.2) is 0 Å². The zero-order chi connectivity index (χ0) is 9.97. The number of nitrogens with one attached hydrogen (secondary N) is 1. The van der Waals surface area contributed by atoms with Crippen LogP contribution in [0.15, 0.2) is 6.33 Å². The zero-order valence-electron chi connectivity index (χ0n) is 8.45. The third kappa shape index (κ3) is 1.95. The minimum absolute atomic E-state index is 0.598. The van der Waals surface area contributed by atoms with E-state index < -0.39 is 0 Å². The average Bonchev–Trinajstić information content (AvgIpc) is 2.98. The Balaban J connectivity index is 2.09. The summed E-state index contributed by atoms with van der Waals surface area (Å²) in [6.45, 7) is 3.08. The smallest absolute Gasteiger partial charge is 0.134 e. The van der Waals surface area contributed by atoms with Crippen molar-refractivity contribution in [3.05, 3.63) is 11.9 Å². The first-order chi connectivity index (χ1) is 6.81. The molecule has 1 aromatic heterocycles. The number of nitrogens with two attached hydrogens (primary N) is 1. The number of rotatable bonds is 4. The van der Waals surface area contributed by atoms with Gasteiger partial charge in [0.2, 0.25) is 0 Å². The minimum Gasteiger partial charge on any atom is -0.383 e. The quantitative estimate of drug-likeness (QED) is 0.757. The summed E-state index contributed by atoms with van der Waals surface area (Å²) in [4.78, 5) is 8.19. The lowest BCUT2D eigenvalue weighted by molar-refractivity contribution is 0.875. The molecule has 0 spiro atoms. The van der Waals surface area contributed by atoms with Crippen LogP contribution in [0.1, 0.15) is 25.3 Å². The highest BCUT2D eigenvalue weighted by molar-refractivity contribution is 5.54. The minimum atomic E-state index is 0.598. The van der Waals surface area contributed by atoms with Crippen molar-refractivity contribution in [1.82, 2.24) is 9.97 Å². The summed E-state index contributed by atoms with van der Waals surface area (Å²) in [5.41, 5.74) is 6.80. The van der Waals surface area contributed by atoms with Gasteiger partial charge in [0.1, 0.15) is 18.0 Å². The van der Waals surface area contributed by atoms with Gasteiger partial charge < -0.3 is 11.1 Å². The van der Waals surface area contributed by atoms with Gasteiger partial charge in [0.05, 0.1) is 0 Å². The van der Waals surface area contributed by atoms with Gasteiger partial charge in [-0.2, -0.15) is 0 Å². The first kappa shape index (κ1) is 9.24. The number of aromatic nitrogens is 2. The van der Waals surface area contributed by atoms with Gasteiger partial charge >= 0.3 is 0 Å². The second-order valence-electron chi connectivity index (χ2n) is 3.76. The van der Waals surface area contributed by atoms with Crippen LogP contribution in [0.2, 0.25) is 0 Å². The average molecular weight is 192 g/mol. The molecule has 0 amide bonds. The van der Waals surface area contributed by atoms with Crippen LogP contribution >= 0.6 is 0 Å². The molecule has 0 unspecified atom stereocenters. The number of anilines is 2. The fourth-order valence-electron chi connectivity index (χ4n) is 1.49. The third-order valence-corrected chi connectivity index (χ3v) is 2.59. The lowest BCUT2D eigenvalue weighted by atomic mass is 10.2. The fraction of sp³-hybridized carbons (Fsp3) is 0.600. The summed E-state index contributed by atoms with van der Waals surface area (Å²) < 4.78 is 0. The van der Waals surface area contributed by atoms with Crippen LogP contribution in [0.5, 0.6) is 0 Å². The van der Waals surface area contributed by atoms with E-state index in [1.807, 2.05) is 0 Å². The van der Waals surface area contributed by atoms with E-state index in [2.05, 4.69) is 22.2 Å². The van der Waals surface area contributed by atoms with E-state index in [1.165, 1.54) is 19.2 Å². The van der Waals surface area contributed by atoms with Crippen LogP contribution in [-0.4, -0.2) is 16.5 Å². The summed E-state index contributed by atoms with van der Waals surface area (Å²) >= 11 is 0. The second kappa shape index (κ2) is 3.82. The van der Waals surface area contributed by atoms with Crippen molar-refractivity contribution >= 4 is 11.6 Å². The predicted molar refractivity (Wildman–Crippen MR) is 57.0 cm³/mol. The van der Waals surface area contributed by atoms with E-state index in [0.717, 1.165) is 30.3 Å². The Bertz CT molecular complexity index is 320. The molecule has 1 saturated carbocycles. The Hall–Kier alpha value is -1.32. The molecule has 76 valence electrons. The van der Waals surface area contributed by atoms with Crippen molar-refractivity contribution in [3.63, 3.8) is 0 Å². The Kier molecular flexibility index (Phi) is 2.52. The third-order valence-electron chi connectivity index (χ3n) is 2.59. The first-order valence-electron chi connectivity index (χ1n) is 5.14. The largest absolute Gasteiger partial charge is 0.383 e. The molecule has 4 heteroatoms. The maximum Gasteiger partial charge on any atom is 0.134 e. The first-order valence-corrected chi connectivity index (χ1v) is 5.14. The second-order valence-corrected chi connectivity index (χ2v) is 3.76. The van der Waals surface area contributed by atoms with Crippen LogP contribution in [0, 0.1) is 5.92 Å². The molecule has 0 saturated heterocycles. The maximum absolute atomic E-state index is 5.76. The molecule has 1 aliphatic rings. The van der Waals surface area contributed by atoms with Gasteiger partial charge in [-0.25, -0.2) is 9.97 Å². The molecule has 0 radical (unpaired) electrons. The summed E-state index contributed by atoms with van der Waals surface area (Å²) in [5, 5.41) is 3.34. The number of hydrogen-bond acceptors (Lipinski definition) is 4. The Morgan fingerprint density at radius 1 is 1.50 bits per heavy atom. The van der Waals surface area contributed by atoms with E-state index in [9.17, 15) is 0 Å². The van der Waals surface area contributed by atoms with Crippen molar-refractivity contribution in [3.8, 4) is 0 Å². The van der Waals surface area contributed by atoms with Crippen LogP contribution < -0.4 is 11.1 Å². The molecule has 14 heavy (non-hydrogen) atoms. The summed E-state index contributed by atoms with van der Waals surface area (Å²) in [5.74, 6) is 2.35. The molecule has 1 aromatic rings. The number of hydrogen-bond donors (Lipinski definition) is 2. The van der Waals surface area contributed by atoms with Gasteiger partial charge in [0, 0.05) is 12.1 Å². The van der Waals surface area contributed by atoms with Gasteiger partial charge in [-0.15, -0.1) is 0 Å². The van der Waals surface area contributed by atoms with Crippen LogP contribution in [0.3, 0.4) is 0 Å². The van der Waals surface area contributed by atoms with Crippen LogP contribution in [0.4, 0.5) is 11.6 Å². The summed E-state index contributed by atoms with van der Waals surface area (Å²) in [6, 6.07) is 0. The van der Waals surface area contributed by atoms with Crippen LogP contribution in [-0.2, 0) is 6.42 Å². The lowest BCUT2D eigenvalue weighted by Crippen LogP contribution is -2.10. The van der Waals surface area contributed by atoms with Crippen molar-refractivity contribution in [1.29, 1.82) is 0 Å². The van der Waals surface area contributed by atoms with E-state index in [4.69, 9.17) is 5.73 Å². The molecular formula is C10H16N4. The molecule has 1 heterocycles. The molecule has 3 N–H and O–H groups in total. The van der Waals surface area contributed by atoms with Crippen molar-refractivity contribution < 1.29 is 0 Å². The number of nitrogens with zero attached hydrogens (tertiary/aromatic N) is 2. The topological polar surface area (TPSA) is 63.8 Å². The van der Waals surface area contributed by atoms with Gasteiger partial charge in [0.25, 0.3) is 0 Å². The summed E-state index contributed by atoms with van der Waals surface area (Å²) in [7, 11) is 0. The monoisotopic (exact) mass is 192 g/mol. The normalized spacial score (nSPS) is 15.5. The highest BCUT2D eigenvalue weighted by Crippen LogP contribution is 2.29. The Morgan fingerprint density at radius 3 is 2.93 bits per heavy atom. The van der Waals surface area contributed by atoms with Gasteiger partial charge in [-0.05, 0) is 25.2 Å². The summed E-state index contributed by atoms with van der Waals surface area (Å²) in [6.07, 6.45) is 5.08. The molecular weight excluding hydrogens is 176 g/mol. The van der Waals surface area contributed by atoms with Crippen molar-refractivity contribution in [2.24, 2.45) is 5.92 Å². The lowest BCUT2D eigenvalue weighted by Gasteiger charge is -2.10. The fourth-order valence-corrected chi connectivity index (χ4v) is 1.49. The van der Waals surface area contributed by atoms with Crippen LogP contribution in [0.25, 0.3) is 0 Å². The molecule has 0 atom stereocenters. The highest BCUT2D eigenvalue weighted by atomic mass is 15.0. The van der Waals surface area contributed by atoms with E-state index in [0.29, 0.717) is 5.82 Å². The molecule has 1 fully saturated rings. The maximum atomic E-state index is 5.76. The van der Waals surface area contributed by atoms with E-state index in [1.54, 1.807) is 0 Å². The molecule has 0 aromatic carbocycles. The standard InChI is InChI=1S/C10H16N4/c1-2-8-9(11)13-6-14-10(8)12-5-7-3-4-7/h6-7H,2-5H2,1H3,(H3,11,12,13,14). The molecule has 0 aliphatic heterocycles. The Morgan fingerprint density at radius 2 is 2.29 bits per heavy atom. The zero-order valence-corrected chi connectivity index (χ0v) is 8.45. The molecule has 4 nitrogen and oxygen atoms in total. The van der Waals surface area contributed by atoms with Crippen molar-refractivity contribution in [2.75, 3.05) is 17.6 Å². The molecule has 0 bridgehead atoms. The predicted octanol–water partition coefficient (Wildman–Crippen LogP) is 1.44. The molecule has 2 rings (SSSR count). The SMILES string of the molecule is CCc1c(N)ncnc1NCC1CC1.